The first-order valence-electron chi connectivity index (χ1n) is 6.32. The quantitative estimate of drug-likeness (QED) is 0.868. The lowest BCUT2D eigenvalue weighted by Crippen LogP contribution is -2.15. The van der Waals surface area contributed by atoms with E-state index in [0.29, 0.717) is 11.9 Å². The maximum absolute atomic E-state index is 4.49. The van der Waals surface area contributed by atoms with Gasteiger partial charge in [0.1, 0.15) is 0 Å². The SMILES string of the molecule is Cc1ccc(-c2nnn(C3CCNC3)n2)cc1C. The smallest absolute Gasteiger partial charge is 0.204 e. The fraction of sp³-hybridized carbons (Fsp3) is 0.462. The third-order valence-electron chi connectivity index (χ3n) is 3.55. The Kier molecular flexibility index (Phi) is 2.83. The van der Waals surface area contributed by atoms with Crippen molar-refractivity contribution in [1.82, 2.24) is 25.5 Å². The fourth-order valence-electron chi connectivity index (χ4n) is 2.21. The standard InChI is InChI=1S/C13H17N5/c1-9-3-4-11(7-10(9)2)13-15-17-18(16-13)12-5-6-14-8-12/h3-4,7,12,14H,5-6,8H2,1-2H3. The van der Waals surface area contributed by atoms with Crippen LogP contribution >= 0.6 is 0 Å². The van der Waals surface area contributed by atoms with Gasteiger partial charge in [0.15, 0.2) is 0 Å². The topological polar surface area (TPSA) is 55.6 Å². The van der Waals surface area contributed by atoms with Gasteiger partial charge in [0.05, 0.1) is 6.04 Å². The lowest BCUT2D eigenvalue weighted by atomic mass is 10.1. The van der Waals surface area contributed by atoms with Gasteiger partial charge in [-0.3, -0.25) is 0 Å². The van der Waals surface area contributed by atoms with Crippen LogP contribution in [0.25, 0.3) is 11.4 Å². The Morgan fingerprint density at radius 3 is 2.89 bits per heavy atom. The molecule has 1 saturated heterocycles. The first kappa shape index (κ1) is 11.3. The molecule has 18 heavy (non-hydrogen) atoms. The summed E-state index contributed by atoms with van der Waals surface area (Å²) in [6.07, 6.45) is 1.07. The van der Waals surface area contributed by atoms with E-state index in [1.165, 1.54) is 11.1 Å². The van der Waals surface area contributed by atoms with Crippen LogP contribution in [0.1, 0.15) is 23.6 Å². The monoisotopic (exact) mass is 243 g/mol. The molecule has 0 aliphatic carbocycles. The summed E-state index contributed by atoms with van der Waals surface area (Å²) in [5, 5.41) is 16.1. The van der Waals surface area contributed by atoms with E-state index in [0.717, 1.165) is 25.1 Å². The molecular formula is C13H17N5. The summed E-state index contributed by atoms with van der Waals surface area (Å²) < 4.78 is 0. The van der Waals surface area contributed by atoms with Gasteiger partial charge in [0, 0.05) is 12.1 Å². The minimum Gasteiger partial charge on any atom is -0.314 e. The highest BCUT2D eigenvalue weighted by molar-refractivity contribution is 5.56. The van der Waals surface area contributed by atoms with E-state index >= 15 is 0 Å². The Labute approximate surface area is 106 Å². The van der Waals surface area contributed by atoms with Gasteiger partial charge in [-0.25, -0.2) is 0 Å². The summed E-state index contributed by atoms with van der Waals surface area (Å²) in [6, 6.07) is 6.61. The number of tetrazole rings is 1. The van der Waals surface area contributed by atoms with Crippen molar-refractivity contribution in [3.8, 4) is 11.4 Å². The van der Waals surface area contributed by atoms with Crippen molar-refractivity contribution in [2.45, 2.75) is 26.3 Å². The minimum atomic E-state index is 0.345. The van der Waals surface area contributed by atoms with E-state index in [9.17, 15) is 0 Å². The summed E-state index contributed by atoms with van der Waals surface area (Å²) in [5.74, 6) is 0.713. The number of nitrogens with zero attached hydrogens (tertiary/aromatic N) is 4. The average Bonchev–Trinajstić information content (AvgIpc) is 3.01. The maximum atomic E-state index is 4.49. The first-order valence-corrected chi connectivity index (χ1v) is 6.32. The molecule has 1 aliphatic rings. The fourth-order valence-corrected chi connectivity index (χ4v) is 2.21. The van der Waals surface area contributed by atoms with Crippen LogP contribution in [-0.4, -0.2) is 33.3 Å². The number of hydrogen-bond acceptors (Lipinski definition) is 4. The Hall–Kier alpha value is -1.75. The van der Waals surface area contributed by atoms with Crippen LogP contribution in [0.15, 0.2) is 18.2 Å². The molecule has 0 spiro atoms. The van der Waals surface area contributed by atoms with Gasteiger partial charge < -0.3 is 5.32 Å². The molecule has 1 atom stereocenters. The third-order valence-corrected chi connectivity index (χ3v) is 3.55. The summed E-state index contributed by atoms with van der Waals surface area (Å²) in [6.45, 7) is 6.17. The number of benzene rings is 1. The Balaban J connectivity index is 1.89. The van der Waals surface area contributed by atoms with Crippen LogP contribution < -0.4 is 5.32 Å². The van der Waals surface area contributed by atoms with E-state index < -0.39 is 0 Å². The predicted molar refractivity (Wildman–Crippen MR) is 69.3 cm³/mol. The van der Waals surface area contributed by atoms with Crippen molar-refractivity contribution in [1.29, 1.82) is 0 Å². The largest absolute Gasteiger partial charge is 0.314 e. The van der Waals surface area contributed by atoms with Crippen molar-refractivity contribution in [2.24, 2.45) is 0 Å². The second-order valence-corrected chi connectivity index (χ2v) is 4.88. The number of aromatic nitrogens is 4. The molecule has 1 aromatic carbocycles. The van der Waals surface area contributed by atoms with Crippen molar-refractivity contribution in [2.75, 3.05) is 13.1 Å². The van der Waals surface area contributed by atoms with Crippen LogP contribution in [0.5, 0.6) is 0 Å². The molecule has 2 heterocycles. The lowest BCUT2D eigenvalue weighted by molar-refractivity contribution is 0.424. The summed E-state index contributed by atoms with van der Waals surface area (Å²) in [4.78, 5) is 1.74. The second-order valence-electron chi connectivity index (χ2n) is 4.88. The molecule has 1 aromatic heterocycles. The number of hydrogen-bond donors (Lipinski definition) is 1. The second kappa shape index (κ2) is 4.49. The molecule has 1 unspecified atom stereocenters. The third kappa shape index (κ3) is 2.01. The van der Waals surface area contributed by atoms with Gasteiger partial charge in [0.25, 0.3) is 0 Å². The van der Waals surface area contributed by atoms with Crippen LogP contribution in [0, 0.1) is 13.8 Å². The van der Waals surface area contributed by atoms with E-state index in [1.54, 1.807) is 4.80 Å². The van der Waals surface area contributed by atoms with E-state index in [-0.39, 0.29) is 0 Å². The minimum absolute atomic E-state index is 0.345. The molecule has 5 heteroatoms. The predicted octanol–water partition coefficient (Wildman–Crippen LogP) is 1.49. The summed E-state index contributed by atoms with van der Waals surface area (Å²) in [5.41, 5.74) is 3.58. The van der Waals surface area contributed by atoms with Gasteiger partial charge in [-0.05, 0) is 49.2 Å². The van der Waals surface area contributed by atoms with Gasteiger partial charge in [-0.1, -0.05) is 12.1 Å². The molecule has 0 amide bonds. The zero-order valence-corrected chi connectivity index (χ0v) is 10.7. The normalized spacial score (nSPS) is 19.3. The van der Waals surface area contributed by atoms with Crippen molar-refractivity contribution in [3.05, 3.63) is 29.3 Å². The Bertz CT molecular complexity index is 554. The molecule has 0 saturated carbocycles. The van der Waals surface area contributed by atoms with Crippen LogP contribution in [0.4, 0.5) is 0 Å². The molecule has 1 aliphatic heterocycles. The zero-order valence-electron chi connectivity index (χ0n) is 10.7. The lowest BCUT2D eigenvalue weighted by Gasteiger charge is -2.04. The molecule has 0 radical (unpaired) electrons. The highest BCUT2D eigenvalue weighted by atomic mass is 15.6. The molecule has 1 N–H and O–H groups in total. The van der Waals surface area contributed by atoms with Crippen molar-refractivity contribution in [3.63, 3.8) is 0 Å². The van der Waals surface area contributed by atoms with E-state index in [1.807, 2.05) is 0 Å². The molecule has 5 nitrogen and oxygen atoms in total. The molecule has 1 fully saturated rings. The Morgan fingerprint density at radius 2 is 2.17 bits per heavy atom. The van der Waals surface area contributed by atoms with Crippen molar-refractivity contribution >= 4 is 0 Å². The number of nitrogens with one attached hydrogen (secondary N) is 1. The Morgan fingerprint density at radius 1 is 1.28 bits per heavy atom. The first-order chi connectivity index (χ1) is 8.74. The maximum Gasteiger partial charge on any atom is 0.204 e. The molecule has 0 bridgehead atoms. The number of rotatable bonds is 2. The van der Waals surface area contributed by atoms with Crippen LogP contribution in [0.3, 0.4) is 0 Å². The van der Waals surface area contributed by atoms with Gasteiger partial charge in [0.2, 0.25) is 5.82 Å². The van der Waals surface area contributed by atoms with Crippen molar-refractivity contribution < 1.29 is 0 Å². The molecule has 3 rings (SSSR count). The zero-order chi connectivity index (χ0) is 12.5. The number of aryl methyl sites for hydroxylation is 2. The summed E-state index contributed by atoms with van der Waals surface area (Å²) in [7, 11) is 0. The summed E-state index contributed by atoms with van der Waals surface area (Å²) >= 11 is 0. The van der Waals surface area contributed by atoms with Gasteiger partial charge >= 0.3 is 0 Å². The molecule has 2 aromatic rings. The van der Waals surface area contributed by atoms with E-state index in [2.05, 4.69) is 52.8 Å². The molecule has 94 valence electrons. The highest BCUT2D eigenvalue weighted by Crippen LogP contribution is 2.19. The average molecular weight is 243 g/mol. The van der Waals surface area contributed by atoms with Crippen LogP contribution in [0.2, 0.25) is 0 Å². The van der Waals surface area contributed by atoms with Crippen LogP contribution in [-0.2, 0) is 0 Å². The van der Waals surface area contributed by atoms with Gasteiger partial charge in [-0.2, -0.15) is 4.80 Å². The highest BCUT2D eigenvalue weighted by Gasteiger charge is 2.19. The van der Waals surface area contributed by atoms with E-state index in [4.69, 9.17) is 0 Å². The van der Waals surface area contributed by atoms with Gasteiger partial charge in [-0.15, -0.1) is 10.2 Å². The molecular weight excluding hydrogens is 226 g/mol.